The minimum absolute atomic E-state index is 0.538. The molecule has 2 aromatic heterocycles. The first kappa shape index (κ1) is 38.5. The van der Waals surface area contributed by atoms with E-state index in [4.69, 9.17) is 0 Å². The van der Waals surface area contributed by atoms with Gasteiger partial charge in [0.25, 0.3) is 0 Å². The second-order valence-electron chi connectivity index (χ2n) is 18.6. The van der Waals surface area contributed by atoms with Crippen LogP contribution in [-0.4, -0.2) is 4.57 Å². The second-order valence-corrected chi connectivity index (χ2v) is 19.7. The first-order chi connectivity index (χ1) is 34.3. The zero-order valence-electron chi connectivity index (χ0n) is 37.5. The van der Waals surface area contributed by atoms with E-state index in [1.165, 1.54) is 119 Å². The van der Waals surface area contributed by atoms with Crippen LogP contribution in [0.5, 0.6) is 0 Å². The molecule has 1 unspecified atom stereocenters. The topological polar surface area (TPSA) is 4.93 Å². The summed E-state index contributed by atoms with van der Waals surface area (Å²) >= 11 is 1.90. The van der Waals surface area contributed by atoms with Gasteiger partial charge in [0.05, 0.1) is 22.1 Å². The van der Waals surface area contributed by atoms with Crippen molar-refractivity contribution in [1.82, 2.24) is 4.57 Å². The van der Waals surface area contributed by atoms with Crippen LogP contribution < -0.4 is 0 Å². The molecule has 1 atom stereocenters. The minimum atomic E-state index is -0.538. The van der Waals surface area contributed by atoms with Gasteiger partial charge in [-0.25, -0.2) is 0 Å². The van der Waals surface area contributed by atoms with Crippen LogP contribution in [0.1, 0.15) is 22.3 Å². The lowest BCUT2D eigenvalue weighted by atomic mass is 9.70. The van der Waals surface area contributed by atoms with Crippen molar-refractivity contribution in [3.63, 3.8) is 0 Å². The van der Waals surface area contributed by atoms with Gasteiger partial charge in [-0.15, -0.1) is 11.3 Å². The van der Waals surface area contributed by atoms with Crippen LogP contribution in [0.4, 0.5) is 0 Å². The fourth-order valence-electron chi connectivity index (χ4n) is 12.5. The SMILES string of the molecule is c1ccc(-c2ccc3c(c2)c2ccccc2c2ccccc2c2cc(-c4ccccc4)ccc2n3-c2cccc3c2-c2ccccc2C32c3ccccc3-c3c2ccc2sc4ccccc4c32)cc1. The Bertz CT molecular complexity index is 4220. The number of aromatic nitrogens is 1. The van der Waals surface area contributed by atoms with Gasteiger partial charge < -0.3 is 4.57 Å². The maximum atomic E-state index is 2.61. The average Bonchev–Trinajstić information content (AvgIpc) is 4.06. The molecule has 0 radical (unpaired) electrons. The average molecular weight is 892 g/mol. The van der Waals surface area contributed by atoms with Gasteiger partial charge in [-0.05, 0) is 125 Å². The molecule has 2 heterocycles. The minimum Gasteiger partial charge on any atom is -0.309 e. The number of hydrogen-bond donors (Lipinski definition) is 0. The highest BCUT2D eigenvalue weighted by Crippen LogP contribution is 2.65. The third-order valence-electron chi connectivity index (χ3n) is 15.2. The first-order valence-corrected chi connectivity index (χ1v) is 24.7. The van der Waals surface area contributed by atoms with Crippen molar-refractivity contribution in [2.45, 2.75) is 5.41 Å². The number of rotatable bonds is 3. The summed E-state index contributed by atoms with van der Waals surface area (Å²) in [4.78, 5) is 0. The highest BCUT2D eigenvalue weighted by atomic mass is 32.1. The molecule has 2 aliphatic rings. The van der Waals surface area contributed by atoms with Crippen molar-refractivity contribution in [3.05, 3.63) is 271 Å². The Hall–Kier alpha value is -8.56. The molecule has 0 amide bonds. The van der Waals surface area contributed by atoms with E-state index < -0.39 is 5.41 Å². The summed E-state index contributed by atoms with van der Waals surface area (Å²) in [6.07, 6.45) is 0. The highest BCUT2D eigenvalue weighted by molar-refractivity contribution is 7.26. The number of benzene rings is 11. The third-order valence-corrected chi connectivity index (χ3v) is 16.4. The van der Waals surface area contributed by atoms with E-state index in [0.29, 0.717) is 0 Å². The van der Waals surface area contributed by atoms with Crippen LogP contribution in [0.15, 0.2) is 249 Å². The largest absolute Gasteiger partial charge is 0.309 e. The maximum Gasteiger partial charge on any atom is 0.0726 e. The lowest BCUT2D eigenvalue weighted by Crippen LogP contribution is -2.25. The lowest BCUT2D eigenvalue weighted by molar-refractivity contribution is 0.794. The number of fused-ring (bicyclic) bond motifs is 21. The molecule has 0 fully saturated rings. The molecule has 0 N–H and O–H groups in total. The van der Waals surface area contributed by atoms with Gasteiger partial charge >= 0.3 is 0 Å². The fraction of sp³-hybridized carbons (Fsp3) is 0.0149. The van der Waals surface area contributed by atoms with Gasteiger partial charge in [-0.2, -0.15) is 0 Å². The predicted molar refractivity (Wildman–Crippen MR) is 293 cm³/mol. The molecule has 2 aliphatic carbocycles. The van der Waals surface area contributed by atoms with Gasteiger partial charge in [-0.3, -0.25) is 0 Å². The quantitative estimate of drug-likeness (QED) is 0.167. The summed E-state index contributed by atoms with van der Waals surface area (Å²) in [6.45, 7) is 0. The van der Waals surface area contributed by atoms with Gasteiger partial charge in [0.15, 0.2) is 0 Å². The maximum absolute atomic E-state index is 2.61. The Labute approximate surface area is 403 Å². The van der Waals surface area contributed by atoms with Crippen molar-refractivity contribution < 1.29 is 0 Å². The summed E-state index contributed by atoms with van der Waals surface area (Å²) in [5, 5.41) is 9.90. The summed E-state index contributed by atoms with van der Waals surface area (Å²) in [7, 11) is 0. The monoisotopic (exact) mass is 891 g/mol. The van der Waals surface area contributed by atoms with Crippen LogP contribution in [0.25, 0.3) is 114 Å². The summed E-state index contributed by atoms with van der Waals surface area (Å²) < 4.78 is 5.27. The molecular weight excluding hydrogens is 851 g/mol. The molecule has 0 saturated carbocycles. The van der Waals surface area contributed by atoms with Crippen molar-refractivity contribution in [2.75, 3.05) is 0 Å². The van der Waals surface area contributed by atoms with Crippen LogP contribution in [0, 0.1) is 0 Å². The van der Waals surface area contributed by atoms with Crippen LogP contribution >= 0.6 is 11.3 Å². The standard InChI is InChI=1S/C67H41NS/c1-3-18-42(19-4-1)44-34-37-59-53(40-44)48-24-9-7-22-46(48)47-23-8-10-25-49(47)54-41-45(43-20-5-2-6-21-43)35-38-60(54)68(59)61-32-17-31-57-64(61)50-26-11-14-29-55(50)67(57)56-30-15-12-27-51(56)65-58(67)36-39-63-66(65)52-28-13-16-33-62(52)69-63/h1-41H. The van der Waals surface area contributed by atoms with Crippen LogP contribution in [0.3, 0.4) is 0 Å². The molecule has 0 aliphatic heterocycles. The van der Waals surface area contributed by atoms with Gasteiger partial charge in [0.1, 0.15) is 0 Å². The molecule has 0 saturated heterocycles. The van der Waals surface area contributed by atoms with Gasteiger partial charge in [0, 0.05) is 36.5 Å². The van der Waals surface area contributed by atoms with E-state index in [-0.39, 0.29) is 0 Å². The van der Waals surface area contributed by atoms with E-state index in [1.54, 1.807) is 0 Å². The molecule has 15 rings (SSSR count). The fourth-order valence-corrected chi connectivity index (χ4v) is 13.6. The van der Waals surface area contributed by atoms with Crippen LogP contribution in [0.2, 0.25) is 0 Å². The number of nitrogens with zero attached hydrogens (tertiary/aromatic N) is 1. The Morgan fingerprint density at radius 3 is 1.35 bits per heavy atom. The summed E-state index contributed by atoms with van der Waals surface area (Å²) in [5.74, 6) is 0. The third kappa shape index (κ3) is 5.35. The Balaban J connectivity index is 1.15. The molecule has 11 aromatic carbocycles. The molecule has 320 valence electrons. The summed E-state index contributed by atoms with van der Waals surface area (Å²) in [5.41, 5.74) is 18.2. The lowest BCUT2D eigenvalue weighted by Gasteiger charge is -2.30. The van der Waals surface area contributed by atoms with E-state index in [0.717, 1.165) is 16.7 Å². The molecular formula is C67H41NS. The van der Waals surface area contributed by atoms with Gasteiger partial charge in [0.2, 0.25) is 0 Å². The Kier molecular flexibility index (Phi) is 8.22. The Morgan fingerprint density at radius 1 is 0.290 bits per heavy atom. The zero-order chi connectivity index (χ0) is 45.2. The molecule has 1 nitrogen and oxygen atoms in total. The van der Waals surface area contributed by atoms with Crippen molar-refractivity contribution in [3.8, 4) is 50.2 Å². The van der Waals surface area contributed by atoms with Crippen molar-refractivity contribution in [2.24, 2.45) is 0 Å². The number of hydrogen-bond acceptors (Lipinski definition) is 1. The van der Waals surface area contributed by atoms with Crippen LogP contribution in [-0.2, 0) is 5.41 Å². The highest BCUT2D eigenvalue weighted by Gasteiger charge is 2.52. The van der Waals surface area contributed by atoms with Crippen molar-refractivity contribution in [1.29, 1.82) is 0 Å². The van der Waals surface area contributed by atoms with E-state index in [2.05, 4.69) is 253 Å². The smallest absolute Gasteiger partial charge is 0.0726 e. The van der Waals surface area contributed by atoms with Crippen molar-refractivity contribution >= 4 is 74.9 Å². The summed E-state index contributed by atoms with van der Waals surface area (Å²) in [6, 6.07) is 93.5. The number of thiophene rings is 1. The molecule has 0 bridgehead atoms. The van der Waals surface area contributed by atoms with E-state index in [9.17, 15) is 0 Å². The van der Waals surface area contributed by atoms with E-state index >= 15 is 0 Å². The first-order valence-electron chi connectivity index (χ1n) is 23.9. The van der Waals surface area contributed by atoms with Gasteiger partial charge in [-0.1, -0.05) is 206 Å². The molecule has 2 heteroatoms. The Morgan fingerprint density at radius 2 is 0.754 bits per heavy atom. The zero-order valence-corrected chi connectivity index (χ0v) is 38.3. The predicted octanol–water partition coefficient (Wildman–Crippen LogP) is 18.3. The molecule has 13 aromatic rings. The second kappa shape index (κ2) is 14.7. The normalized spacial score (nSPS) is 14.4. The van der Waals surface area contributed by atoms with E-state index in [1.807, 2.05) is 11.3 Å². The molecule has 69 heavy (non-hydrogen) atoms. The molecule has 1 spiro atoms.